The number of nitrogens with one attached hydrogen (secondary N) is 1. The molecule has 2 heterocycles. The maximum absolute atomic E-state index is 12.5. The van der Waals surface area contributed by atoms with E-state index in [1.54, 1.807) is 18.4 Å². The predicted molar refractivity (Wildman–Crippen MR) is 87.6 cm³/mol. The zero-order chi connectivity index (χ0) is 16.6. The van der Waals surface area contributed by atoms with Crippen molar-refractivity contribution in [2.45, 2.75) is 6.92 Å². The Labute approximate surface area is 134 Å². The summed E-state index contributed by atoms with van der Waals surface area (Å²) in [5.41, 5.74) is 7.58. The van der Waals surface area contributed by atoms with Crippen LogP contribution in [0.25, 0.3) is 10.2 Å². The van der Waals surface area contributed by atoms with E-state index in [1.165, 1.54) is 29.8 Å². The molecule has 0 aliphatic rings. The summed E-state index contributed by atoms with van der Waals surface area (Å²) >= 11 is 1.27. The number of nitrogens with zero attached hydrogens (tertiary/aromatic N) is 3. The molecule has 0 aliphatic carbocycles. The van der Waals surface area contributed by atoms with Gasteiger partial charge in [0.25, 0.3) is 11.6 Å². The number of amides is 1. The van der Waals surface area contributed by atoms with E-state index in [4.69, 9.17) is 5.73 Å². The van der Waals surface area contributed by atoms with Crippen LogP contribution in [0.15, 0.2) is 29.9 Å². The highest BCUT2D eigenvalue weighted by molar-refractivity contribution is 7.18. The molecule has 116 valence electrons. The van der Waals surface area contributed by atoms with Crippen molar-refractivity contribution < 1.29 is 9.72 Å². The number of aromatic nitrogens is 2. The van der Waals surface area contributed by atoms with Crippen LogP contribution in [0.1, 0.15) is 15.9 Å². The lowest BCUT2D eigenvalue weighted by Crippen LogP contribution is -2.13. The zero-order valence-electron chi connectivity index (χ0n) is 11.9. The van der Waals surface area contributed by atoms with E-state index in [0.29, 0.717) is 27.3 Å². The monoisotopic (exact) mass is 329 g/mol. The molecule has 3 aromatic rings. The molecule has 0 saturated carbocycles. The lowest BCUT2D eigenvalue weighted by atomic mass is 10.1. The smallest absolute Gasteiger partial charge is 0.271 e. The zero-order valence-corrected chi connectivity index (χ0v) is 12.8. The van der Waals surface area contributed by atoms with Gasteiger partial charge in [-0.25, -0.2) is 9.97 Å². The Morgan fingerprint density at radius 1 is 1.39 bits per heavy atom. The number of nitrogens with two attached hydrogens (primary N) is 1. The number of non-ortho nitro benzene ring substituents is 1. The largest absolute Gasteiger partial charge is 0.382 e. The fourth-order valence-electron chi connectivity index (χ4n) is 2.08. The first-order valence-electron chi connectivity index (χ1n) is 6.51. The maximum atomic E-state index is 12.5. The molecule has 0 radical (unpaired) electrons. The van der Waals surface area contributed by atoms with Crippen LogP contribution in [0, 0.1) is 17.0 Å². The summed E-state index contributed by atoms with van der Waals surface area (Å²) in [6.45, 7) is 1.76. The van der Waals surface area contributed by atoms with Gasteiger partial charge in [-0.05, 0) is 12.5 Å². The van der Waals surface area contributed by atoms with Gasteiger partial charge in [0, 0.05) is 17.5 Å². The highest BCUT2D eigenvalue weighted by Crippen LogP contribution is 2.29. The number of benzene rings is 1. The number of nitro groups is 1. The molecular weight excluding hydrogens is 318 g/mol. The van der Waals surface area contributed by atoms with E-state index in [-0.39, 0.29) is 5.69 Å². The van der Waals surface area contributed by atoms with Crippen molar-refractivity contribution in [2.24, 2.45) is 0 Å². The number of hydrogen-bond donors (Lipinski definition) is 2. The summed E-state index contributed by atoms with van der Waals surface area (Å²) in [5.74, 6) is -0.0940. The van der Waals surface area contributed by atoms with Gasteiger partial charge in [0.05, 0.1) is 26.4 Å². The third kappa shape index (κ3) is 2.69. The van der Waals surface area contributed by atoms with Crippen LogP contribution in [0.4, 0.5) is 17.2 Å². The molecule has 3 rings (SSSR count). The van der Waals surface area contributed by atoms with Gasteiger partial charge in [-0.3, -0.25) is 14.9 Å². The molecule has 0 unspecified atom stereocenters. The fourth-order valence-corrected chi connectivity index (χ4v) is 2.98. The molecule has 0 atom stereocenters. The van der Waals surface area contributed by atoms with Gasteiger partial charge in [-0.15, -0.1) is 11.3 Å². The Morgan fingerprint density at radius 3 is 2.91 bits per heavy atom. The Balaban J connectivity index is 1.97. The number of hydrogen-bond acceptors (Lipinski definition) is 7. The van der Waals surface area contributed by atoms with E-state index in [9.17, 15) is 14.9 Å². The number of thiophene rings is 1. The van der Waals surface area contributed by atoms with E-state index >= 15 is 0 Å². The molecule has 3 N–H and O–H groups in total. The number of nitrogen functional groups attached to an aromatic ring is 1. The molecular formula is C14H11N5O3S. The average molecular weight is 329 g/mol. The topological polar surface area (TPSA) is 124 Å². The van der Waals surface area contributed by atoms with Crippen molar-refractivity contribution in [3.8, 4) is 0 Å². The van der Waals surface area contributed by atoms with Gasteiger partial charge in [0.1, 0.15) is 12.1 Å². The fraction of sp³-hybridized carbons (Fsp3) is 0.0714. The summed E-state index contributed by atoms with van der Waals surface area (Å²) in [6, 6.07) is 4.30. The lowest BCUT2D eigenvalue weighted by Gasteiger charge is -2.07. The predicted octanol–water partition coefficient (Wildman–Crippen LogP) is 2.74. The molecule has 0 spiro atoms. The summed E-state index contributed by atoms with van der Waals surface area (Å²) in [5, 5.41) is 15.2. The highest BCUT2D eigenvalue weighted by atomic mass is 32.1. The molecule has 2 aromatic heterocycles. The Bertz CT molecular complexity index is 937. The minimum Gasteiger partial charge on any atom is -0.382 e. The average Bonchev–Trinajstić information content (AvgIpc) is 2.94. The number of nitro benzene ring substituents is 1. The molecule has 1 aromatic carbocycles. The Hall–Kier alpha value is -3.07. The molecule has 23 heavy (non-hydrogen) atoms. The van der Waals surface area contributed by atoms with Gasteiger partial charge in [-0.2, -0.15) is 0 Å². The van der Waals surface area contributed by atoms with Gasteiger partial charge in [0.2, 0.25) is 0 Å². The number of fused-ring (bicyclic) bond motifs is 1. The molecule has 0 bridgehead atoms. The SMILES string of the molecule is Cc1ccc([N+](=O)[O-])cc1NC(=O)c1csc2c(N)ncnc12. The third-order valence-corrected chi connectivity index (χ3v) is 4.30. The van der Waals surface area contributed by atoms with Crippen LogP contribution >= 0.6 is 11.3 Å². The van der Waals surface area contributed by atoms with E-state index in [1.807, 2.05) is 0 Å². The van der Waals surface area contributed by atoms with Crippen molar-refractivity contribution in [1.82, 2.24) is 9.97 Å². The van der Waals surface area contributed by atoms with Crippen molar-refractivity contribution >= 4 is 44.7 Å². The van der Waals surface area contributed by atoms with Gasteiger partial charge >= 0.3 is 0 Å². The normalized spacial score (nSPS) is 10.7. The quantitative estimate of drug-likeness (QED) is 0.562. The molecule has 1 amide bonds. The van der Waals surface area contributed by atoms with Crippen LogP contribution in [-0.2, 0) is 0 Å². The molecule has 0 fully saturated rings. The van der Waals surface area contributed by atoms with Gasteiger partial charge < -0.3 is 11.1 Å². The van der Waals surface area contributed by atoms with Crippen molar-refractivity contribution in [2.75, 3.05) is 11.1 Å². The van der Waals surface area contributed by atoms with E-state index < -0.39 is 10.8 Å². The summed E-state index contributed by atoms with van der Waals surface area (Å²) in [7, 11) is 0. The standard InChI is InChI=1S/C14H11N5O3S/c1-7-2-3-8(19(21)22)4-10(7)18-14(20)9-5-23-12-11(9)16-6-17-13(12)15/h2-6H,1H3,(H,18,20)(H2,15,16,17). The molecule has 0 saturated heterocycles. The van der Waals surface area contributed by atoms with Crippen molar-refractivity contribution in [3.63, 3.8) is 0 Å². The number of carbonyl (C=O) groups excluding carboxylic acids is 1. The number of rotatable bonds is 3. The van der Waals surface area contributed by atoms with Crippen molar-refractivity contribution in [3.05, 3.63) is 51.1 Å². The third-order valence-electron chi connectivity index (χ3n) is 3.31. The van der Waals surface area contributed by atoms with E-state index in [0.717, 1.165) is 5.56 Å². The first-order chi connectivity index (χ1) is 11.0. The summed E-state index contributed by atoms with van der Waals surface area (Å²) < 4.78 is 0.633. The number of aryl methyl sites for hydroxylation is 1. The lowest BCUT2D eigenvalue weighted by molar-refractivity contribution is -0.384. The van der Waals surface area contributed by atoms with Crippen LogP contribution in [0.2, 0.25) is 0 Å². The van der Waals surface area contributed by atoms with Crippen molar-refractivity contribution in [1.29, 1.82) is 0 Å². The second kappa shape index (κ2) is 5.61. The maximum Gasteiger partial charge on any atom is 0.271 e. The second-order valence-corrected chi connectivity index (χ2v) is 5.68. The summed E-state index contributed by atoms with van der Waals surface area (Å²) in [4.78, 5) is 30.8. The number of anilines is 2. The molecule has 8 nitrogen and oxygen atoms in total. The van der Waals surface area contributed by atoms with Crippen LogP contribution in [0.3, 0.4) is 0 Å². The Kier molecular flexibility index (Phi) is 3.62. The van der Waals surface area contributed by atoms with Crippen LogP contribution in [-0.4, -0.2) is 20.8 Å². The second-order valence-electron chi connectivity index (χ2n) is 4.80. The Morgan fingerprint density at radius 2 is 2.17 bits per heavy atom. The highest BCUT2D eigenvalue weighted by Gasteiger charge is 2.17. The number of carbonyl (C=O) groups is 1. The molecule has 0 aliphatic heterocycles. The van der Waals surface area contributed by atoms with Crippen LogP contribution < -0.4 is 11.1 Å². The van der Waals surface area contributed by atoms with Crippen LogP contribution in [0.5, 0.6) is 0 Å². The first kappa shape index (κ1) is 14.9. The summed E-state index contributed by atoms with van der Waals surface area (Å²) in [6.07, 6.45) is 1.29. The van der Waals surface area contributed by atoms with Gasteiger partial charge in [0.15, 0.2) is 0 Å². The van der Waals surface area contributed by atoms with E-state index in [2.05, 4.69) is 15.3 Å². The minimum absolute atomic E-state index is 0.0901. The van der Waals surface area contributed by atoms with Gasteiger partial charge in [-0.1, -0.05) is 6.07 Å². The molecule has 9 heteroatoms. The first-order valence-corrected chi connectivity index (χ1v) is 7.39. The minimum atomic E-state index is -0.511.